The second-order valence-corrected chi connectivity index (χ2v) is 4.59. The lowest BCUT2D eigenvalue weighted by Crippen LogP contribution is -2.13. The summed E-state index contributed by atoms with van der Waals surface area (Å²) >= 11 is 0. The maximum Gasteiger partial charge on any atom is 0.341 e. The molecule has 1 aromatic heterocycles. The third-order valence-electron chi connectivity index (χ3n) is 3.04. The fraction of sp³-hybridized carbons (Fsp3) is 0.250. The van der Waals surface area contributed by atoms with Crippen molar-refractivity contribution in [2.45, 2.75) is 19.4 Å². The van der Waals surface area contributed by atoms with Gasteiger partial charge in [0.2, 0.25) is 0 Å². The van der Waals surface area contributed by atoms with Crippen molar-refractivity contribution in [2.24, 2.45) is 10.9 Å². The first-order valence-corrected chi connectivity index (χ1v) is 6.83. The van der Waals surface area contributed by atoms with Gasteiger partial charge in [0.1, 0.15) is 11.4 Å². The van der Waals surface area contributed by atoms with Crippen LogP contribution >= 0.6 is 0 Å². The fourth-order valence-electron chi connectivity index (χ4n) is 1.88. The highest BCUT2D eigenvalue weighted by Crippen LogP contribution is 2.13. The summed E-state index contributed by atoms with van der Waals surface area (Å²) in [4.78, 5) is 16.6. The van der Waals surface area contributed by atoms with E-state index in [1.807, 2.05) is 30.3 Å². The Hall–Kier alpha value is -2.76. The molecule has 0 aliphatic carbocycles. The van der Waals surface area contributed by atoms with Gasteiger partial charge in [-0.1, -0.05) is 35.5 Å². The molecule has 1 heterocycles. The van der Waals surface area contributed by atoms with Crippen LogP contribution in [-0.4, -0.2) is 18.9 Å². The first-order valence-electron chi connectivity index (χ1n) is 6.83. The lowest BCUT2D eigenvalue weighted by atomic mass is 10.1. The molecule has 0 spiro atoms. The van der Waals surface area contributed by atoms with E-state index in [0.717, 1.165) is 6.42 Å². The van der Waals surface area contributed by atoms with E-state index in [0.29, 0.717) is 23.6 Å². The van der Waals surface area contributed by atoms with Crippen molar-refractivity contribution in [3.8, 4) is 0 Å². The van der Waals surface area contributed by atoms with E-state index in [4.69, 9.17) is 15.0 Å². The van der Waals surface area contributed by atoms with Gasteiger partial charge in [0.25, 0.3) is 0 Å². The number of rotatable bonds is 7. The maximum atomic E-state index is 11.5. The van der Waals surface area contributed by atoms with Crippen LogP contribution in [0.1, 0.15) is 28.1 Å². The predicted octanol–water partition coefficient (Wildman–Crippen LogP) is 2.49. The largest absolute Gasteiger partial charge is 0.465 e. The third-order valence-corrected chi connectivity index (χ3v) is 3.04. The molecule has 2 N–H and O–H groups in total. The molecule has 22 heavy (non-hydrogen) atoms. The number of amidine groups is 1. The van der Waals surface area contributed by atoms with Gasteiger partial charge in [-0.3, -0.25) is 0 Å². The number of ether oxygens (including phenoxy) is 1. The van der Waals surface area contributed by atoms with Crippen LogP contribution < -0.4 is 5.73 Å². The van der Waals surface area contributed by atoms with Crippen LogP contribution in [0.15, 0.2) is 52.2 Å². The zero-order valence-corrected chi connectivity index (χ0v) is 12.3. The standard InChI is InChI=1S/C16H18N2O4/c1-20-16(19)13-9-10-21-14(13)11-22-18-15(17)8-7-12-5-3-2-4-6-12/h2-6,9-10H,7-8,11H2,1H3,(H2,17,18). The molecular weight excluding hydrogens is 284 g/mol. The van der Waals surface area contributed by atoms with Crippen molar-refractivity contribution in [2.75, 3.05) is 7.11 Å². The number of hydrogen-bond acceptors (Lipinski definition) is 5. The Labute approximate surface area is 128 Å². The minimum absolute atomic E-state index is 0.0173. The van der Waals surface area contributed by atoms with Crippen LogP contribution in [0.5, 0.6) is 0 Å². The zero-order valence-electron chi connectivity index (χ0n) is 12.3. The molecule has 0 aliphatic rings. The van der Waals surface area contributed by atoms with E-state index < -0.39 is 5.97 Å². The van der Waals surface area contributed by atoms with Crippen LogP contribution in [0.4, 0.5) is 0 Å². The van der Waals surface area contributed by atoms with Crippen LogP contribution in [-0.2, 0) is 22.6 Å². The highest BCUT2D eigenvalue weighted by Gasteiger charge is 2.15. The summed E-state index contributed by atoms with van der Waals surface area (Å²) in [5.41, 5.74) is 7.29. The number of methoxy groups -OCH3 is 1. The van der Waals surface area contributed by atoms with Crippen molar-refractivity contribution in [3.63, 3.8) is 0 Å². The van der Waals surface area contributed by atoms with Gasteiger partial charge < -0.3 is 19.7 Å². The molecule has 0 amide bonds. The van der Waals surface area contributed by atoms with E-state index >= 15 is 0 Å². The van der Waals surface area contributed by atoms with E-state index in [1.165, 1.54) is 25.0 Å². The lowest BCUT2D eigenvalue weighted by molar-refractivity contribution is 0.0587. The van der Waals surface area contributed by atoms with Crippen molar-refractivity contribution >= 4 is 11.8 Å². The molecule has 2 rings (SSSR count). The Kier molecular flexibility index (Phi) is 5.59. The normalized spacial score (nSPS) is 11.2. The van der Waals surface area contributed by atoms with Crippen LogP contribution in [0.3, 0.4) is 0 Å². The number of benzene rings is 1. The summed E-state index contributed by atoms with van der Waals surface area (Å²) in [6, 6.07) is 11.5. The Bertz CT molecular complexity index is 635. The Balaban J connectivity index is 1.82. The quantitative estimate of drug-likeness (QED) is 0.367. The van der Waals surface area contributed by atoms with Gasteiger partial charge in [0.15, 0.2) is 12.4 Å². The highest BCUT2D eigenvalue weighted by atomic mass is 16.6. The second-order valence-electron chi connectivity index (χ2n) is 4.59. The van der Waals surface area contributed by atoms with Gasteiger partial charge in [0.05, 0.1) is 13.4 Å². The van der Waals surface area contributed by atoms with Crippen molar-refractivity contribution in [3.05, 3.63) is 59.5 Å². The van der Waals surface area contributed by atoms with Gasteiger partial charge in [-0.05, 0) is 18.1 Å². The molecule has 0 atom stereocenters. The molecule has 6 nitrogen and oxygen atoms in total. The molecular formula is C16H18N2O4. The number of esters is 1. The monoisotopic (exact) mass is 302 g/mol. The molecule has 116 valence electrons. The predicted molar refractivity (Wildman–Crippen MR) is 81.2 cm³/mol. The number of carbonyl (C=O) groups excluding carboxylic acids is 1. The molecule has 6 heteroatoms. The molecule has 0 bridgehead atoms. The first-order chi connectivity index (χ1) is 10.7. The molecule has 0 radical (unpaired) electrons. The Morgan fingerprint density at radius 3 is 2.77 bits per heavy atom. The maximum absolute atomic E-state index is 11.5. The summed E-state index contributed by atoms with van der Waals surface area (Å²) < 4.78 is 9.80. The highest BCUT2D eigenvalue weighted by molar-refractivity contribution is 5.90. The molecule has 2 aromatic rings. The van der Waals surface area contributed by atoms with E-state index in [-0.39, 0.29) is 6.61 Å². The van der Waals surface area contributed by atoms with Gasteiger partial charge >= 0.3 is 5.97 Å². The molecule has 0 fully saturated rings. The lowest BCUT2D eigenvalue weighted by Gasteiger charge is -2.03. The molecule has 1 aromatic carbocycles. The Morgan fingerprint density at radius 2 is 2.05 bits per heavy atom. The van der Waals surface area contributed by atoms with Crippen LogP contribution in [0.2, 0.25) is 0 Å². The van der Waals surface area contributed by atoms with Gasteiger partial charge in [0, 0.05) is 6.42 Å². The molecule has 0 unspecified atom stereocenters. The zero-order chi connectivity index (χ0) is 15.8. The number of nitrogens with two attached hydrogens (primary N) is 1. The minimum Gasteiger partial charge on any atom is -0.465 e. The minimum atomic E-state index is -0.478. The van der Waals surface area contributed by atoms with Crippen molar-refractivity contribution in [1.82, 2.24) is 0 Å². The smallest absolute Gasteiger partial charge is 0.341 e. The average Bonchev–Trinajstić information content (AvgIpc) is 3.01. The average molecular weight is 302 g/mol. The van der Waals surface area contributed by atoms with Gasteiger partial charge in [-0.2, -0.15) is 0 Å². The van der Waals surface area contributed by atoms with E-state index in [1.54, 1.807) is 0 Å². The summed E-state index contributed by atoms with van der Waals surface area (Å²) in [5, 5.41) is 3.82. The fourth-order valence-corrected chi connectivity index (χ4v) is 1.88. The Morgan fingerprint density at radius 1 is 1.27 bits per heavy atom. The molecule has 0 saturated heterocycles. The van der Waals surface area contributed by atoms with E-state index in [9.17, 15) is 4.79 Å². The molecule has 0 saturated carbocycles. The van der Waals surface area contributed by atoms with Gasteiger partial charge in [-0.15, -0.1) is 0 Å². The third kappa shape index (κ3) is 4.37. The van der Waals surface area contributed by atoms with Crippen molar-refractivity contribution in [1.29, 1.82) is 0 Å². The number of carbonyl (C=O) groups is 1. The van der Waals surface area contributed by atoms with Crippen molar-refractivity contribution < 1.29 is 18.8 Å². The van der Waals surface area contributed by atoms with E-state index in [2.05, 4.69) is 9.89 Å². The number of hydrogen-bond donors (Lipinski definition) is 1. The topological polar surface area (TPSA) is 87.0 Å². The summed E-state index contributed by atoms with van der Waals surface area (Å²) in [6.07, 6.45) is 2.77. The summed E-state index contributed by atoms with van der Waals surface area (Å²) in [7, 11) is 1.31. The number of aryl methyl sites for hydroxylation is 1. The first kappa shape index (κ1) is 15.6. The second kappa shape index (κ2) is 7.87. The SMILES string of the molecule is COC(=O)c1ccoc1CO/N=C(\N)CCc1ccccc1. The van der Waals surface area contributed by atoms with Crippen LogP contribution in [0.25, 0.3) is 0 Å². The molecule has 0 aliphatic heterocycles. The number of oxime groups is 1. The van der Waals surface area contributed by atoms with Gasteiger partial charge in [-0.25, -0.2) is 4.79 Å². The number of nitrogens with zero attached hydrogens (tertiary/aromatic N) is 1. The number of furan rings is 1. The summed E-state index contributed by atoms with van der Waals surface area (Å²) in [5.74, 6) is 0.259. The van der Waals surface area contributed by atoms with Crippen LogP contribution in [0, 0.1) is 0 Å². The summed E-state index contributed by atoms with van der Waals surface area (Å²) in [6.45, 7) is 0.0173.